The lowest BCUT2D eigenvalue weighted by Crippen LogP contribution is -2.43. The minimum atomic E-state index is -1.24. The molecule has 15 heteroatoms. The lowest BCUT2D eigenvalue weighted by Gasteiger charge is -2.30. The van der Waals surface area contributed by atoms with E-state index in [1.807, 2.05) is 36.6 Å². The maximum absolute atomic E-state index is 13.6. The van der Waals surface area contributed by atoms with Crippen LogP contribution in [0.4, 0.5) is 0 Å². The number of cyclic esters (lactones) is 2. The quantitative estimate of drug-likeness (QED) is 0.103. The van der Waals surface area contributed by atoms with E-state index in [-0.39, 0.29) is 37.4 Å². The molecule has 46 heavy (non-hydrogen) atoms. The molecule has 1 aromatic carbocycles. The number of nitrogens with zero attached hydrogens (tertiary/aromatic N) is 1. The van der Waals surface area contributed by atoms with Crippen LogP contribution >= 0.6 is 11.8 Å². The molecule has 2 aliphatic rings. The number of hydrogen-bond acceptors (Lipinski definition) is 13. The zero-order valence-electron chi connectivity index (χ0n) is 25.6. The topological polar surface area (TPSA) is 178 Å². The van der Waals surface area contributed by atoms with Crippen molar-refractivity contribution in [3.8, 4) is 5.75 Å². The number of carbonyl (C=O) groups excluding carboxylic acids is 4. The van der Waals surface area contributed by atoms with E-state index in [1.165, 1.54) is 25.1 Å². The van der Waals surface area contributed by atoms with Crippen molar-refractivity contribution in [3.05, 3.63) is 64.1 Å². The Balaban J connectivity index is 1.46. The number of rotatable bonds is 14. The van der Waals surface area contributed by atoms with E-state index in [2.05, 4.69) is 9.98 Å². The summed E-state index contributed by atoms with van der Waals surface area (Å²) in [7, 11) is 1.48. The smallest absolute Gasteiger partial charge is 0.334 e. The molecule has 1 aromatic heterocycles. The number of benzene rings is 1. The van der Waals surface area contributed by atoms with Gasteiger partial charge in [-0.15, -0.1) is 11.8 Å². The van der Waals surface area contributed by atoms with E-state index in [4.69, 9.17) is 33.2 Å². The fraction of sp³-hybridized carbons (Fsp3) is 0.484. The van der Waals surface area contributed by atoms with Crippen molar-refractivity contribution >= 4 is 41.8 Å². The van der Waals surface area contributed by atoms with E-state index in [0.717, 1.165) is 17.8 Å². The van der Waals surface area contributed by atoms with Crippen molar-refractivity contribution in [3.63, 3.8) is 0 Å². The fourth-order valence-corrected chi connectivity index (χ4v) is 5.45. The van der Waals surface area contributed by atoms with Crippen molar-refractivity contribution in [1.29, 1.82) is 0 Å². The maximum atomic E-state index is 13.6. The van der Waals surface area contributed by atoms with Crippen molar-refractivity contribution in [2.24, 2.45) is 16.3 Å². The van der Waals surface area contributed by atoms with Crippen molar-refractivity contribution in [2.45, 2.75) is 31.5 Å². The third kappa shape index (κ3) is 8.40. The molecule has 2 fully saturated rings. The van der Waals surface area contributed by atoms with Gasteiger partial charge in [-0.25, -0.2) is 9.79 Å². The van der Waals surface area contributed by atoms with Crippen LogP contribution in [-0.2, 0) is 42.8 Å². The second-order valence-corrected chi connectivity index (χ2v) is 11.3. The monoisotopic (exact) mass is 660 g/mol. The number of pyridine rings is 1. The standard InChI is InChI=1S/C31H36N2O12S/c1-19-27(44-18-46-3)31(13-22(31)20-7-5-4-6-8-20)30(38)41-15-21(29(37)45-19)14-33-28(36)25-26(23(34)9-10-32-25)43-17-42-24(35)16-40-12-11-39-2/h4-10,14,19,21-22,27H,11-13,15-18H2,1-3H3,(H,32,34)/t19-,21?,22+,27?,31-/m0/s1. The number of H-pyrrole nitrogens is 1. The Kier molecular flexibility index (Phi) is 12.5. The number of thioether (sulfide) groups is 1. The van der Waals surface area contributed by atoms with Gasteiger partial charge in [-0.2, -0.15) is 0 Å². The number of carbonyl (C=O) groups is 4. The summed E-state index contributed by atoms with van der Waals surface area (Å²) in [4.78, 5) is 70.5. The van der Waals surface area contributed by atoms with Crippen molar-refractivity contribution < 1.29 is 52.3 Å². The summed E-state index contributed by atoms with van der Waals surface area (Å²) in [5, 5.41) is 0. The maximum Gasteiger partial charge on any atom is 0.334 e. The van der Waals surface area contributed by atoms with Gasteiger partial charge in [0.1, 0.15) is 36.8 Å². The first-order valence-electron chi connectivity index (χ1n) is 14.4. The summed E-state index contributed by atoms with van der Waals surface area (Å²) >= 11 is 1.42. The highest BCUT2D eigenvalue weighted by atomic mass is 32.2. The number of amides is 1. The van der Waals surface area contributed by atoms with Crippen LogP contribution in [0.5, 0.6) is 5.75 Å². The second-order valence-electron chi connectivity index (χ2n) is 10.5. The van der Waals surface area contributed by atoms with Crippen molar-refractivity contribution in [1.82, 2.24) is 4.98 Å². The highest BCUT2D eigenvalue weighted by Crippen LogP contribution is 2.64. The van der Waals surface area contributed by atoms with E-state index in [1.54, 1.807) is 6.92 Å². The molecule has 1 aliphatic heterocycles. The molecule has 1 saturated carbocycles. The van der Waals surface area contributed by atoms with Crippen LogP contribution in [0.25, 0.3) is 0 Å². The molecule has 0 bridgehead atoms. The summed E-state index contributed by atoms with van der Waals surface area (Å²) in [6, 6.07) is 10.6. The Morgan fingerprint density at radius 2 is 1.93 bits per heavy atom. The van der Waals surface area contributed by atoms with Gasteiger partial charge < -0.3 is 38.1 Å². The molecule has 2 aromatic rings. The number of aromatic amines is 1. The van der Waals surface area contributed by atoms with Gasteiger partial charge in [-0.3, -0.25) is 19.2 Å². The molecule has 4 rings (SSSR count). The average Bonchev–Trinajstić information content (AvgIpc) is 3.80. The van der Waals surface area contributed by atoms with Gasteiger partial charge in [0.25, 0.3) is 5.91 Å². The highest BCUT2D eigenvalue weighted by Gasteiger charge is 2.68. The zero-order chi connectivity index (χ0) is 33.1. The molecule has 1 saturated heterocycles. The first-order chi connectivity index (χ1) is 22.2. The van der Waals surface area contributed by atoms with E-state index < -0.39 is 71.9 Å². The lowest BCUT2D eigenvalue weighted by atomic mass is 9.89. The Hall–Kier alpha value is -4.05. The third-order valence-corrected chi connectivity index (χ3v) is 7.83. The number of aliphatic imine (C=N–C) groups is 1. The van der Waals surface area contributed by atoms with Gasteiger partial charge in [-0.1, -0.05) is 30.3 Å². The molecule has 14 nitrogen and oxygen atoms in total. The number of esters is 3. The summed E-state index contributed by atoms with van der Waals surface area (Å²) in [6.45, 7) is 0.634. The van der Waals surface area contributed by atoms with E-state index in [9.17, 15) is 24.0 Å². The predicted octanol–water partition coefficient (Wildman–Crippen LogP) is 2.11. The molecule has 1 aliphatic carbocycles. The summed E-state index contributed by atoms with van der Waals surface area (Å²) in [6.07, 6.45) is 2.90. The van der Waals surface area contributed by atoms with E-state index >= 15 is 0 Å². The van der Waals surface area contributed by atoms with E-state index in [0.29, 0.717) is 6.42 Å². The first-order valence-corrected chi connectivity index (χ1v) is 15.8. The molecule has 248 valence electrons. The first kappa shape index (κ1) is 34.8. The highest BCUT2D eigenvalue weighted by molar-refractivity contribution is 7.98. The molecular formula is C31H36N2O12S. The largest absolute Gasteiger partial charge is 0.464 e. The number of hydrogen-bond donors (Lipinski definition) is 1. The normalized spacial score (nSPS) is 24.4. The van der Waals surface area contributed by atoms with Crippen LogP contribution in [0.3, 0.4) is 0 Å². The Morgan fingerprint density at radius 3 is 2.67 bits per heavy atom. The molecule has 1 amide bonds. The molecule has 0 radical (unpaired) electrons. The van der Waals surface area contributed by atoms with Gasteiger partial charge in [0.15, 0.2) is 11.4 Å². The van der Waals surface area contributed by atoms with Gasteiger partial charge in [0, 0.05) is 31.5 Å². The van der Waals surface area contributed by atoms with Crippen molar-refractivity contribution in [2.75, 3.05) is 52.5 Å². The number of aromatic nitrogens is 1. The van der Waals surface area contributed by atoms with Crippen LogP contribution in [-0.4, -0.2) is 99.7 Å². The van der Waals surface area contributed by atoms with Crippen LogP contribution in [0, 0.1) is 11.3 Å². The average molecular weight is 661 g/mol. The molecular weight excluding hydrogens is 624 g/mol. The molecule has 1 spiro atoms. The van der Waals surface area contributed by atoms with Gasteiger partial charge in [0.2, 0.25) is 12.2 Å². The minimum absolute atomic E-state index is 0.176. The van der Waals surface area contributed by atoms with Gasteiger partial charge >= 0.3 is 17.9 Å². The molecule has 1 N–H and O–H groups in total. The summed E-state index contributed by atoms with van der Waals surface area (Å²) in [5.41, 5.74) is -1.16. The molecule has 2 unspecified atom stereocenters. The Bertz CT molecular complexity index is 1460. The van der Waals surface area contributed by atoms with Crippen LogP contribution in [0.2, 0.25) is 0 Å². The van der Waals surface area contributed by atoms with Crippen LogP contribution in [0.1, 0.15) is 35.3 Å². The van der Waals surface area contributed by atoms with Crippen LogP contribution < -0.4 is 10.2 Å². The zero-order valence-corrected chi connectivity index (χ0v) is 26.4. The minimum Gasteiger partial charge on any atom is -0.464 e. The number of ether oxygens (including phenoxy) is 7. The SMILES string of the molecule is COCCOCC(=O)OCOc1c(C(=O)N=CC2COC(=O)[C@]3(C[C@@H]3c3ccccc3)C(OCSC)[C@H](C)OC2=O)[nH]ccc1=O. The second kappa shape index (κ2) is 16.5. The summed E-state index contributed by atoms with van der Waals surface area (Å²) < 4.78 is 37.5. The Morgan fingerprint density at radius 1 is 1.15 bits per heavy atom. The number of methoxy groups -OCH3 is 1. The number of nitrogens with one attached hydrogen (secondary N) is 1. The Labute approximate surface area is 269 Å². The lowest BCUT2D eigenvalue weighted by molar-refractivity contribution is -0.165. The van der Waals surface area contributed by atoms with Gasteiger partial charge in [-0.05, 0) is 25.2 Å². The molecule has 2 heterocycles. The summed E-state index contributed by atoms with van der Waals surface area (Å²) in [5.74, 6) is -4.67. The fourth-order valence-electron chi connectivity index (χ4n) is 5.17. The molecule has 5 atom stereocenters. The third-order valence-electron chi connectivity index (χ3n) is 7.46. The van der Waals surface area contributed by atoms with Gasteiger partial charge in [0.05, 0.1) is 19.2 Å². The predicted molar refractivity (Wildman–Crippen MR) is 164 cm³/mol. The van der Waals surface area contributed by atoms with Crippen LogP contribution in [0.15, 0.2) is 52.4 Å².